The van der Waals surface area contributed by atoms with Crippen molar-refractivity contribution in [3.63, 3.8) is 0 Å². The summed E-state index contributed by atoms with van der Waals surface area (Å²) in [5.74, 6) is 2.11. The molecule has 1 aromatic heterocycles. The van der Waals surface area contributed by atoms with Crippen molar-refractivity contribution in [1.82, 2.24) is 4.57 Å². The van der Waals surface area contributed by atoms with Gasteiger partial charge in [0.1, 0.15) is 0 Å². The molecule has 0 unspecified atom stereocenters. The van der Waals surface area contributed by atoms with E-state index >= 15 is 0 Å². The van der Waals surface area contributed by atoms with E-state index in [9.17, 15) is 9.90 Å². The van der Waals surface area contributed by atoms with Crippen LogP contribution >= 0.6 is 15.9 Å². The maximum absolute atomic E-state index is 13.2. The van der Waals surface area contributed by atoms with E-state index in [1.54, 1.807) is 66.9 Å². The number of aromatic nitrogens is 1. The van der Waals surface area contributed by atoms with Gasteiger partial charge in [-0.05, 0) is 69.9 Å². The van der Waals surface area contributed by atoms with Crippen molar-refractivity contribution in [2.75, 3.05) is 42.7 Å². The topological polar surface area (TPSA) is 97.6 Å². The van der Waals surface area contributed by atoms with Gasteiger partial charge in [-0.2, -0.15) is 0 Å². The van der Waals surface area contributed by atoms with Crippen LogP contribution in [0.4, 0.5) is 0 Å². The lowest BCUT2D eigenvalue weighted by molar-refractivity contribution is 0.0698. The Kier molecular flexibility index (Phi) is 7.77. The highest BCUT2D eigenvalue weighted by molar-refractivity contribution is 9.10. The number of aryl methyl sites for hydroxylation is 1. The maximum Gasteiger partial charge on any atom is 0.338 e. The first-order valence-electron chi connectivity index (χ1n) is 12.7. The third kappa shape index (κ3) is 4.61. The highest BCUT2D eigenvalue weighted by atomic mass is 79.9. The summed E-state index contributed by atoms with van der Waals surface area (Å²) < 4.78 is 36.1. The van der Waals surface area contributed by atoms with Crippen LogP contribution in [-0.4, -0.2) is 58.3 Å². The zero-order valence-electron chi connectivity index (χ0n) is 23.6. The molecule has 214 valence electrons. The number of rotatable bonds is 9. The second kappa shape index (κ2) is 11.3. The molecule has 0 aliphatic carbocycles. The maximum atomic E-state index is 13.2. The molecule has 3 aromatic carbocycles. The second-order valence-electron chi connectivity index (χ2n) is 9.28. The van der Waals surface area contributed by atoms with Crippen LogP contribution in [0, 0.1) is 0 Å². The summed E-state index contributed by atoms with van der Waals surface area (Å²) >= 11 is 3.66. The molecule has 4 aromatic rings. The fourth-order valence-electron chi connectivity index (χ4n) is 5.50. The van der Waals surface area contributed by atoms with Gasteiger partial charge in [-0.15, -0.1) is 0 Å². The Labute approximate surface area is 246 Å². The smallest absolute Gasteiger partial charge is 0.338 e. The molecule has 9 nitrogen and oxygen atoms in total. The van der Waals surface area contributed by atoms with Crippen molar-refractivity contribution in [2.24, 2.45) is 0 Å². The lowest BCUT2D eigenvalue weighted by Gasteiger charge is -2.24. The summed E-state index contributed by atoms with van der Waals surface area (Å²) in [4.78, 5) is 13.2. The summed E-state index contributed by atoms with van der Waals surface area (Å²) in [7, 11) is 9.39. The van der Waals surface area contributed by atoms with E-state index in [1.807, 2.05) is 18.2 Å². The second-order valence-corrected chi connectivity index (χ2v) is 10.1. The zero-order chi connectivity index (χ0) is 29.4. The Balaban J connectivity index is 1.94. The molecule has 0 radical (unpaired) electrons. The van der Waals surface area contributed by atoms with Gasteiger partial charge in [0.25, 0.3) is 0 Å². The molecule has 1 aliphatic rings. The minimum atomic E-state index is -1.07. The lowest BCUT2D eigenvalue weighted by Crippen LogP contribution is -2.13. The molecule has 0 saturated carbocycles. The highest BCUT2D eigenvalue weighted by Gasteiger charge is 2.34. The summed E-state index contributed by atoms with van der Waals surface area (Å²) in [6.45, 7) is 0.529. The van der Waals surface area contributed by atoms with Crippen molar-refractivity contribution < 1.29 is 38.3 Å². The quantitative estimate of drug-likeness (QED) is 0.224. The monoisotopic (exact) mass is 623 g/mol. The molecule has 41 heavy (non-hydrogen) atoms. The number of carbonyl (C=O) groups is 1. The molecule has 0 bridgehead atoms. The number of fused-ring (bicyclic) bond motifs is 3. The number of benzene rings is 3. The number of halogens is 1. The van der Waals surface area contributed by atoms with Gasteiger partial charge in [0, 0.05) is 27.7 Å². The van der Waals surface area contributed by atoms with Crippen LogP contribution < -0.4 is 28.4 Å². The third-order valence-electron chi connectivity index (χ3n) is 7.35. The van der Waals surface area contributed by atoms with E-state index in [4.69, 9.17) is 28.4 Å². The SMILES string of the molecule is COc1ccc(-c2c(C(=O)O)c(-c3cc(OC)c(OC)cc3Br)n3c2-c2cc(OC)c(OC)cc2CC3)cc1OC. The fraction of sp³-hybridized carbons (Fsp3) is 0.258. The lowest BCUT2D eigenvalue weighted by atomic mass is 9.91. The van der Waals surface area contributed by atoms with Crippen LogP contribution in [0.15, 0.2) is 46.9 Å². The number of carboxylic acid groups (broad SMARTS) is 1. The molecule has 10 heteroatoms. The van der Waals surface area contributed by atoms with Crippen LogP contribution in [0.2, 0.25) is 0 Å². The van der Waals surface area contributed by atoms with Gasteiger partial charge in [-0.1, -0.05) is 6.07 Å². The highest BCUT2D eigenvalue weighted by Crippen LogP contribution is 2.51. The van der Waals surface area contributed by atoms with Gasteiger partial charge in [-0.3, -0.25) is 0 Å². The number of nitrogens with zero attached hydrogens (tertiary/aromatic N) is 1. The number of hydrogen-bond acceptors (Lipinski definition) is 7. The minimum Gasteiger partial charge on any atom is -0.493 e. The van der Waals surface area contributed by atoms with Crippen LogP contribution in [0.1, 0.15) is 15.9 Å². The van der Waals surface area contributed by atoms with Crippen LogP contribution in [0.5, 0.6) is 34.5 Å². The van der Waals surface area contributed by atoms with E-state index in [0.717, 1.165) is 16.8 Å². The molecular weight excluding hydrogens is 594 g/mol. The van der Waals surface area contributed by atoms with E-state index in [0.29, 0.717) is 74.3 Å². The molecule has 2 heterocycles. The zero-order valence-corrected chi connectivity index (χ0v) is 25.2. The summed E-state index contributed by atoms with van der Waals surface area (Å²) in [6.07, 6.45) is 0.652. The third-order valence-corrected chi connectivity index (χ3v) is 8.00. The van der Waals surface area contributed by atoms with Crippen molar-refractivity contribution in [1.29, 1.82) is 0 Å². The molecule has 1 aliphatic heterocycles. The number of aromatic carboxylic acids is 1. The average Bonchev–Trinajstić information content (AvgIpc) is 3.35. The number of hydrogen-bond donors (Lipinski definition) is 1. The predicted molar refractivity (Wildman–Crippen MR) is 158 cm³/mol. The number of methoxy groups -OCH3 is 6. The first-order valence-corrected chi connectivity index (χ1v) is 13.5. The number of carboxylic acids is 1. The molecule has 0 amide bonds. The Morgan fingerprint density at radius 2 is 1.24 bits per heavy atom. The van der Waals surface area contributed by atoms with Gasteiger partial charge in [0.15, 0.2) is 34.5 Å². The van der Waals surface area contributed by atoms with E-state index < -0.39 is 5.97 Å². The average molecular weight is 624 g/mol. The van der Waals surface area contributed by atoms with Crippen LogP contribution in [0.25, 0.3) is 33.6 Å². The molecule has 0 fully saturated rings. The number of ether oxygens (including phenoxy) is 6. The Morgan fingerprint density at radius 3 is 1.83 bits per heavy atom. The van der Waals surface area contributed by atoms with Crippen molar-refractivity contribution in [3.05, 3.63) is 58.1 Å². The first-order chi connectivity index (χ1) is 19.8. The standard InChI is InChI=1S/C31H30BrNO8/c1-36-21-8-7-17(12-22(21)37-2)27-28(31(34)35)30(19-14-25(40-5)26(41-6)15-20(19)32)33-10-9-16-11-23(38-3)24(39-4)13-18(16)29(27)33/h7-8,11-15H,9-10H2,1-6H3,(H,34,35). The summed E-state index contributed by atoms with van der Waals surface area (Å²) in [5, 5.41) is 10.8. The van der Waals surface area contributed by atoms with Gasteiger partial charge >= 0.3 is 5.97 Å². The minimum absolute atomic E-state index is 0.141. The van der Waals surface area contributed by atoms with E-state index in [2.05, 4.69) is 20.5 Å². The van der Waals surface area contributed by atoms with Crippen LogP contribution in [-0.2, 0) is 13.0 Å². The molecule has 1 N–H and O–H groups in total. The van der Waals surface area contributed by atoms with Crippen LogP contribution in [0.3, 0.4) is 0 Å². The first kappa shape index (κ1) is 28.2. The Bertz CT molecular complexity index is 1660. The van der Waals surface area contributed by atoms with Gasteiger partial charge in [0.05, 0.1) is 59.6 Å². The van der Waals surface area contributed by atoms with Gasteiger partial charge in [-0.25, -0.2) is 4.79 Å². The predicted octanol–water partition coefficient (Wildman–Crippen LogP) is 6.56. The van der Waals surface area contributed by atoms with E-state index in [1.165, 1.54) is 0 Å². The Hall–Kier alpha value is -4.31. The van der Waals surface area contributed by atoms with Crippen molar-refractivity contribution in [2.45, 2.75) is 13.0 Å². The van der Waals surface area contributed by atoms with Gasteiger partial charge in [0.2, 0.25) is 0 Å². The summed E-state index contributed by atoms with van der Waals surface area (Å²) in [6, 6.07) is 12.8. The van der Waals surface area contributed by atoms with Gasteiger partial charge < -0.3 is 38.1 Å². The van der Waals surface area contributed by atoms with Crippen molar-refractivity contribution in [3.8, 4) is 68.1 Å². The van der Waals surface area contributed by atoms with Crippen molar-refractivity contribution >= 4 is 21.9 Å². The summed E-state index contributed by atoms with van der Waals surface area (Å²) in [5.41, 5.74) is 5.14. The Morgan fingerprint density at radius 1 is 0.707 bits per heavy atom. The fourth-order valence-corrected chi connectivity index (χ4v) is 6.01. The molecule has 0 saturated heterocycles. The van der Waals surface area contributed by atoms with E-state index in [-0.39, 0.29) is 5.56 Å². The molecule has 0 atom stereocenters. The molecule has 0 spiro atoms. The molecule has 5 rings (SSSR count). The largest absolute Gasteiger partial charge is 0.493 e. The molecular formula is C31H30BrNO8. The normalized spacial score (nSPS) is 11.8.